The molecule has 2 aliphatic carbocycles. The first-order chi connectivity index (χ1) is 6.71. The van der Waals surface area contributed by atoms with Crippen LogP contribution in [0.15, 0.2) is 36.5 Å². The molecule has 2 bridgehead atoms. The van der Waals surface area contributed by atoms with Crippen LogP contribution in [-0.2, 0) is 4.79 Å². The number of carbonyl (C=O) groups is 1. The van der Waals surface area contributed by atoms with Gasteiger partial charge in [0.05, 0.1) is 6.07 Å². The number of amides is 1. The third-order valence-corrected chi connectivity index (χ3v) is 2.92. The van der Waals surface area contributed by atoms with Crippen LogP contribution in [0.3, 0.4) is 0 Å². The second-order valence-electron chi connectivity index (χ2n) is 3.55. The summed E-state index contributed by atoms with van der Waals surface area (Å²) in [6.07, 6.45) is 11.1. The number of nitrogens with zero attached hydrogens (tertiary/aromatic N) is 1. The molecule has 1 amide bonds. The molecule has 0 fully saturated rings. The molecule has 0 radical (unpaired) electrons. The van der Waals surface area contributed by atoms with Crippen molar-refractivity contribution in [1.29, 1.82) is 5.26 Å². The molecule has 0 spiro atoms. The van der Waals surface area contributed by atoms with Gasteiger partial charge in [0.25, 0.3) is 0 Å². The van der Waals surface area contributed by atoms with Crippen molar-refractivity contribution < 1.29 is 4.79 Å². The molecular formula is C11H10N2O. The highest BCUT2D eigenvalue weighted by Crippen LogP contribution is 2.45. The minimum atomic E-state index is -1.11. The van der Waals surface area contributed by atoms with Gasteiger partial charge in [-0.25, -0.2) is 0 Å². The third kappa shape index (κ3) is 0.882. The Kier molecular flexibility index (Phi) is 1.78. The van der Waals surface area contributed by atoms with E-state index in [1.54, 1.807) is 0 Å². The van der Waals surface area contributed by atoms with E-state index in [4.69, 9.17) is 11.0 Å². The molecule has 2 aliphatic rings. The molecule has 0 aromatic heterocycles. The quantitative estimate of drug-likeness (QED) is 0.618. The first-order valence-electron chi connectivity index (χ1n) is 4.46. The average molecular weight is 186 g/mol. The van der Waals surface area contributed by atoms with Crippen molar-refractivity contribution in [3.63, 3.8) is 0 Å². The van der Waals surface area contributed by atoms with E-state index >= 15 is 0 Å². The molecule has 0 heterocycles. The highest BCUT2D eigenvalue weighted by atomic mass is 16.1. The number of nitrogens with two attached hydrogens (primary N) is 1. The van der Waals surface area contributed by atoms with Crippen LogP contribution < -0.4 is 5.73 Å². The standard InChI is InChI=1S/C11H10N2O/c12-7-11(10(13)14)8-3-1-2-4-9(11)6-5-8/h1-6,8-9H,(H2,13,14)/t8-,9+,11?. The van der Waals surface area contributed by atoms with Crippen LogP contribution >= 0.6 is 0 Å². The molecule has 14 heavy (non-hydrogen) atoms. The zero-order valence-corrected chi connectivity index (χ0v) is 7.55. The third-order valence-electron chi connectivity index (χ3n) is 2.92. The van der Waals surface area contributed by atoms with Gasteiger partial charge in [-0.15, -0.1) is 0 Å². The van der Waals surface area contributed by atoms with Crippen molar-refractivity contribution >= 4 is 5.91 Å². The summed E-state index contributed by atoms with van der Waals surface area (Å²) in [4.78, 5) is 11.4. The summed E-state index contributed by atoms with van der Waals surface area (Å²) >= 11 is 0. The molecule has 0 aromatic rings. The van der Waals surface area contributed by atoms with Crippen LogP contribution in [0.25, 0.3) is 0 Å². The molecule has 3 nitrogen and oxygen atoms in total. The Labute approximate surface area is 82.2 Å². The molecule has 0 aliphatic heterocycles. The number of allylic oxidation sites excluding steroid dienone is 6. The lowest BCUT2D eigenvalue weighted by Gasteiger charge is -2.26. The van der Waals surface area contributed by atoms with Gasteiger partial charge in [0.2, 0.25) is 5.91 Å². The first-order valence-corrected chi connectivity index (χ1v) is 4.46. The lowest BCUT2D eigenvalue weighted by molar-refractivity contribution is -0.126. The van der Waals surface area contributed by atoms with Crippen molar-refractivity contribution in [3.8, 4) is 6.07 Å². The van der Waals surface area contributed by atoms with Crippen LogP contribution in [0.5, 0.6) is 0 Å². The lowest BCUT2D eigenvalue weighted by Crippen LogP contribution is -2.42. The van der Waals surface area contributed by atoms with E-state index in [1.165, 1.54) is 0 Å². The van der Waals surface area contributed by atoms with Gasteiger partial charge in [0.1, 0.15) is 0 Å². The molecule has 3 heteroatoms. The van der Waals surface area contributed by atoms with Crippen molar-refractivity contribution in [2.24, 2.45) is 23.0 Å². The van der Waals surface area contributed by atoms with Gasteiger partial charge in [-0.1, -0.05) is 36.5 Å². The van der Waals surface area contributed by atoms with Gasteiger partial charge < -0.3 is 5.73 Å². The largest absolute Gasteiger partial charge is 0.368 e. The number of fused-ring (bicyclic) bond motifs is 2. The predicted molar refractivity (Wildman–Crippen MR) is 51.6 cm³/mol. The first kappa shape index (κ1) is 8.76. The Hall–Kier alpha value is -1.82. The molecular weight excluding hydrogens is 176 g/mol. The lowest BCUT2D eigenvalue weighted by atomic mass is 9.72. The Balaban J connectivity index is 2.57. The van der Waals surface area contributed by atoms with Crippen LogP contribution in [-0.4, -0.2) is 5.91 Å². The topological polar surface area (TPSA) is 66.9 Å². The minimum absolute atomic E-state index is 0.190. The van der Waals surface area contributed by atoms with Gasteiger partial charge in [0.15, 0.2) is 5.41 Å². The SMILES string of the molecule is N#CC1(C(N)=O)[C@@H]2C=CC=C[C@H]1C=C2. The van der Waals surface area contributed by atoms with E-state index in [0.717, 1.165) is 0 Å². The highest BCUT2D eigenvalue weighted by molar-refractivity contribution is 5.87. The van der Waals surface area contributed by atoms with Gasteiger partial charge in [-0.05, 0) is 0 Å². The summed E-state index contributed by atoms with van der Waals surface area (Å²) in [5.41, 5.74) is 4.23. The zero-order valence-electron chi connectivity index (χ0n) is 7.55. The minimum Gasteiger partial charge on any atom is -0.368 e. The Morgan fingerprint density at radius 2 is 1.71 bits per heavy atom. The Bertz CT molecular complexity index is 376. The van der Waals surface area contributed by atoms with Crippen molar-refractivity contribution in [2.75, 3.05) is 0 Å². The molecule has 0 aromatic carbocycles. The van der Waals surface area contributed by atoms with E-state index in [9.17, 15) is 4.79 Å². The van der Waals surface area contributed by atoms with Gasteiger partial charge >= 0.3 is 0 Å². The molecule has 0 saturated carbocycles. The van der Waals surface area contributed by atoms with E-state index in [2.05, 4.69) is 6.07 Å². The van der Waals surface area contributed by atoms with E-state index in [1.807, 2.05) is 36.5 Å². The summed E-state index contributed by atoms with van der Waals surface area (Å²) in [7, 11) is 0. The van der Waals surface area contributed by atoms with E-state index < -0.39 is 11.3 Å². The molecule has 70 valence electrons. The maximum absolute atomic E-state index is 11.4. The van der Waals surface area contributed by atoms with Crippen LogP contribution in [0, 0.1) is 28.6 Å². The summed E-state index contributed by atoms with van der Waals surface area (Å²) in [5, 5.41) is 9.16. The molecule has 2 N–H and O–H groups in total. The fraction of sp³-hybridized carbons (Fsp3) is 0.273. The summed E-state index contributed by atoms with van der Waals surface area (Å²) < 4.78 is 0. The van der Waals surface area contributed by atoms with E-state index in [0.29, 0.717) is 0 Å². The smallest absolute Gasteiger partial charge is 0.239 e. The second kappa shape index (κ2) is 2.85. The normalized spacial score (nSPS) is 37.9. The summed E-state index contributed by atoms with van der Waals surface area (Å²) in [5.74, 6) is -0.925. The Morgan fingerprint density at radius 3 is 2.07 bits per heavy atom. The molecule has 3 atom stereocenters. The number of hydrogen-bond acceptors (Lipinski definition) is 2. The van der Waals surface area contributed by atoms with Crippen molar-refractivity contribution in [2.45, 2.75) is 0 Å². The van der Waals surface area contributed by atoms with Crippen LogP contribution in [0.4, 0.5) is 0 Å². The van der Waals surface area contributed by atoms with Crippen LogP contribution in [0.1, 0.15) is 0 Å². The van der Waals surface area contributed by atoms with Gasteiger partial charge in [0, 0.05) is 11.8 Å². The predicted octanol–water partition coefficient (Wildman–Crippen LogP) is 0.910. The summed E-state index contributed by atoms with van der Waals surface area (Å²) in [6, 6.07) is 2.08. The number of hydrogen-bond donors (Lipinski definition) is 1. The van der Waals surface area contributed by atoms with Gasteiger partial charge in [-0.2, -0.15) is 5.26 Å². The number of primary amides is 1. The summed E-state index contributed by atoms with van der Waals surface area (Å²) in [6.45, 7) is 0. The fourth-order valence-electron chi connectivity index (χ4n) is 2.10. The van der Waals surface area contributed by atoms with Gasteiger partial charge in [-0.3, -0.25) is 4.79 Å². The fourth-order valence-corrected chi connectivity index (χ4v) is 2.10. The second-order valence-corrected chi connectivity index (χ2v) is 3.55. The maximum atomic E-state index is 11.4. The Morgan fingerprint density at radius 1 is 1.21 bits per heavy atom. The molecule has 0 saturated heterocycles. The molecule has 1 unspecified atom stereocenters. The monoisotopic (exact) mass is 186 g/mol. The van der Waals surface area contributed by atoms with E-state index in [-0.39, 0.29) is 11.8 Å². The van der Waals surface area contributed by atoms with Crippen molar-refractivity contribution in [3.05, 3.63) is 36.5 Å². The number of carbonyl (C=O) groups excluding carboxylic acids is 1. The zero-order chi connectivity index (χ0) is 10.2. The maximum Gasteiger partial charge on any atom is 0.239 e. The number of nitriles is 1. The van der Waals surface area contributed by atoms with Crippen LogP contribution in [0.2, 0.25) is 0 Å². The molecule has 2 rings (SSSR count). The van der Waals surface area contributed by atoms with Crippen molar-refractivity contribution in [1.82, 2.24) is 0 Å². The highest BCUT2D eigenvalue weighted by Gasteiger charge is 2.51. The number of rotatable bonds is 1. The average Bonchev–Trinajstić information content (AvgIpc) is 2.36.